The van der Waals surface area contributed by atoms with E-state index < -0.39 is 5.97 Å². The molecule has 13 heteroatoms. The Morgan fingerprint density at radius 1 is 0.388 bits per heavy atom. The van der Waals surface area contributed by atoms with E-state index >= 15 is 0 Å². The van der Waals surface area contributed by atoms with Crippen molar-refractivity contribution in [3.05, 3.63) is 362 Å². The third-order valence-corrected chi connectivity index (χ3v) is 20.5. The standard InChI is InChI=1S/C26H28N2.C25H27ClN2.C21H25ClN2O3.C18H22N2/c1-4-11-23(12-5-1)13-10-18-27-19-21-28(22-20-27)26(24-14-6-2-7-15-24)25-16-8-3-9-17-25;1-20-6-5-7-21(18-20)19-27-14-16-28(17-15-27)25(22-8-3-2-4-9-22)23-10-12-24(26)13-11-23;22-19-8-6-18(7-9-19)21(17-4-2-1-3-5-17)24-12-10-23(11-13-24)14-15-27-16-20(25)26;1-19-12-14-20(15-13-19)18(16-8-4-2-5-9-16)17-10-6-3-7-11-17/h1-17,26H,18-22H2;2-13,18,25H,14-17,19H2,1H3;1-9,21H,10-16H2,(H,25,26);2-11,18H,12-15H2,1H3. The first-order chi connectivity index (χ1) is 50.6. The Hall–Kier alpha value is -8.37. The summed E-state index contributed by atoms with van der Waals surface area (Å²) in [5, 5.41) is 10.2. The van der Waals surface area contributed by atoms with E-state index in [-0.39, 0.29) is 18.7 Å². The van der Waals surface area contributed by atoms with Gasteiger partial charge in [0.05, 0.1) is 30.8 Å². The zero-order valence-corrected chi connectivity index (χ0v) is 61.6. The molecule has 4 saturated heterocycles. The summed E-state index contributed by atoms with van der Waals surface area (Å²) in [4.78, 5) is 30.7. The fourth-order valence-corrected chi connectivity index (χ4v) is 14.8. The summed E-state index contributed by atoms with van der Waals surface area (Å²) in [5.41, 5.74) is 14.7. The van der Waals surface area contributed by atoms with Crippen molar-refractivity contribution in [2.75, 3.05) is 138 Å². The van der Waals surface area contributed by atoms with Crippen LogP contribution < -0.4 is 0 Å². The van der Waals surface area contributed by atoms with Crippen LogP contribution in [0.1, 0.15) is 85.4 Å². The molecule has 11 nitrogen and oxygen atoms in total. The average Bonchev–Trinajstić information content (AvgIpc) is 0.831. The molecule has 0 saturated carbocycles. The zero-order valence-electron chi connectivity index (χ0n) is 60.0. The number of likely N-dealkylation sites (N-methyl/N-ethyl adjacent to an activating group) is 1. The van der Waals surface area contributed by atoms with Gasteiger partial charge in [-0.05, 0) is 93.9 Å². The second kappa shape index (κ2) is 40.6. The molecule has 534 valence electrons. The molecule has 2 atom stereocenters. The molecular formula is C90H102Cl2N8O3. The summed E-state index contributed by atoms with van der Waals surface area (Å²) < 4.78 is 5.15. The van der Waals surface area contributed by atoms with Crippen molar-refractivity contribution in [2.45, 2.75) is 37.6 Å². The second-order valence-corrected chi connectivity index (χ2v) is 28.2. The van der Waals surface area contributed by atoms with Crippen LogP contribution in [0.15, 0.2) is 291 Å². The predicted molar refractivity (Wildman–Crippen MR) is 426 cm³/mol. The van der Waals surface area contributed by atoms with Gasteiger partial charge in [0, 0.05) is 134 Å². The lowest BCUT2D eigenvalue weighted by molar-refractivity contribution is -0.142. The lowest BCUT2D eigenvalue weighted by Gasteiger charge is -2.40. The summed E-state index contributed by atoms with van der Waals surface area (Å²) >= 11 is 12.2. The summed E-state index contributed by atoms with van der Waals surface area (Å²) in [6.07, 6.45) is 4.51. The summed E-state index contributed by atoms with van der Waals surface area (Å²) in [6, 6.07) is 102. The smallest absolute Gasteiger partial charge is 0.329 e. The van der Waals surface area contributed by atoms with Crippen LogP contribution in [-0.2, 0) is 16.1 Å². The highest BCUT2D eigenvalue weighted by atomic mass is 35.5. The van der Waals surface area contributed by atoms with E-state index in [0.29, 0.717) is 18.7 Å². The number of benzene rings is 10. The average molecular weight is 1410 g/mol. The molecule has 4 aliphatic rings. The van der Waals surface area contributed by atoms with E-state index in [9.17, 15) is 4.79 Å². The number of aryl methyl sites for hydroxylation is 1. The fourth-order valence-electron chi connectivity index (χ4n) is 14.6. The number of carboxylic acids is 1. The Bertz CT molecular complexity index is 3950. The van der Waals surface area contributed by atoms with E-state index in [1.165, 1.54) is 61.2 Å². The van der Waals surface area contributed by atoms with Crippen LogP contribution in [0.4, 0.5) is 0 Å². The Morgan fingerprint density at radius 3 is 1.06 bits per heavy atom. The number of carbonyl (C=O) groups is 1. The van der Waals surface area contributed by atoms with Gasteiger partial charge in [-0.25, -0.2) is 4.79 Å². The number of halogens is 2. The molecular weight excluding hydrogens is 1310 g/mol. The van der Waals surface area contributed by atoms with Gasteiger partial charge < -0.3 is 14.7 Å². The lowest BCUT2D eigenvalue weighted by Crippen LogP contribution is -2.48. The number of hydrogen-bond donors (Lipinski definition) is 1. The Labute approximate surface area is 623 Å². The molecule has 2 unspecified atom stereocenters. The van der Waals surface area contributed by atoms with Crippen LogP contribution in [-0.4, -0.2) is 188 Å². The van der Waals surface area contributed by atoms with Crippen LogP contribution in [0, 0.1) is 6.92 Å². The van der Waals surface area contributed by atoms with Gasteiger partial charge in [-0.1, -0.05) is 302 Å². The van der Waals surface area contributed by atoms with Gasteiger partial charge in [-0.15, -0.1) is 0 Å². The zero-order chi connectivity index (χ0) is 71.2. The molecule has 4 aliphatic heterocycles. The Balaban J connectivity index is 0.000000139. The maximum atomic E-state index is 10.5. The van der Waals surface area contributed by atoms with E-state index in [4.69, 9.17) is 33.0 Å². The molecule has 0 amide bonds. The lowest BCUT2D eigenvalue weighted by atomic mass is 9.96. The quantitative estimate of drug-likeness (QED) is 0.0660. The topological polar surface area (TPSA) is 72.5 Å². The number of ether oxygens (including phenoxy) is 1. The third kappa shape index (κ3) is 23.6. The minimum atomic E-state index is -0.923. The highest BCUT2D eigenvalue weighted by Crippen LogP contribution is 2.35. The summed E-state index contributed by atoms with van der Waals surface area (Å²) in [7, 11) is 2.21. The van der Waals surface area contributed by atoms with Crippen molar-refractivity contribution in [2.24, 2.45) is 0 Å². The van der Waals surface area contributed by atoms with Gasteiger partial charge in [0.15, 0.2) is 0 Å². The highest BCUT2D eigenvalue weighted by Gasteiger charge is 2.30. The van der Waals surface area contributed by atoms with Crippen molar-refractivity contribution in [1.82, 2.24) is 39.2 Å². The molecule has 4 heterocycles. The van der Waals surface area contributed by atoms with Gasteiger partial charge >= 0.3 is 5.97 Å². The maximum Gasteiger partial charge on any atom is 0.329 e. The molecule has 14 rings (SSSR count). The molecule has 10 aromatic carbocycles. The first kappa shape index (κ1) is 75.8. The van der Waals surface area contributed by atoms with Gasteiger partial charge in [0.1, 0.15) is 6.61 Å². The van der Waals surface area contributed by atoms with Gasteiger partial charge in [0.25, 0.3) is 0 Å². The molecule has 10 aromatic rings. The molecule has 1 N–H and O–H groups in total. The first-order valence-electron chi connectivity index (χ1n) is 36.8. The van der Waals surface area contributed by atoms with Gasteiger partial charge in [-0.2, -0.15) is 0 Å². The van der Waals surface area contributed by atoms with Gasteiger partial charge in [0.2, 0.25) is 0 Å². The molecule has 0 radical (unpaired) electrons. The van der Waals surface area contributed by atoms with E-state index in [0.717, 1.165) is 134 Å². The second-order valence-electron chi connectivity index (χ2n) is 27.3. The van der Waals surface area contributed by atoms with Crippen LogP contribution in [0.3, 0.4) is 0 Å². The minimum absolute atomic E-state index is 0.203. The van der Waals surface area contributed by atoms with Crippen LogP contribution >= 0.6 is 23.2 Å². The molecule has 0 aliphatic carbocycles. The van der Waals surface area contributed by atoms with E-state index in [1.807, 2.05) is 30.3 Å². The number of nitrogens with zero attached hydrogens (tertiary/aromatic N) is 8. The van der Waals surface area contributed by atoms with E-state index in [1.54, 1.807) is 0 Å². The van der Waals surface area contributed by atoms with Crippen molar-refractivity contribution in [1.29, 1.82) is 0 Å². The molecule has 4 fully saturated rings. The highest BCUT2D eigenvalue weighted by molar-refractivity contribution is 6.30. The number of hydrogen-bond acceptors (Lipinski definition) is 10. The van der Waals surface area contributed by atoms with Crippen molar-refractivity contribution >= 4 is 35.2 Å². The monoisotopic (exact) mass is 1410 g/mol. The summed E-state index contributed by atoms with van der Waals surface area (Å²) in [6.45, 7) is 22.2. The fraction of sp³-hybridized carbons (Fsp3) is 0.300. The first-order valence-corrected chi connectivity index (χ1v) is 37.5. The maximum absolute atomic E-state index is 10.5. The molecule has 103 heavy (non-hydrogen) atoms. The minimum Gasteiger partial charge on any atom is -0.480 e. The predicted octanol–water partition coefficient (Wildman–Crippen LogP) is 16.8. The Morgan fingerprint density at radius 2 is 0.709 bits per heavy atom. The van der Waals surface area contributed by atoms with Crippen LogP contribution in [0.5, 0.6) is 0 Å². The third-order valence-electron chi connectivity index (χ3n) is 20.0. The van der Waals surface area contributed by atoms with Crippen LogP contribution in [0.25, 0.3) is 6.08 Å². The van der Waals surface area contributed by atoms with Crippen molar-refractivity contribution in [3.63, 3.8) is 0 Å². The van der Waals surface area contributed by atoms with Crippen molar-refractivity contribution in [3.8, 4) is 0 Å². The van der Waals surface area contributed by atoms with Crippen molar-refractivity contribution < 1.29 is 14.6 Å². The SMILES string of the molecule is C(=Cc1ccccc1)CN1CCN(C(c2ccccc2)c2ccccc2)CC1.CN1CCN(C(c2ccccc2)c2ccccc2)CC1.Cc1cccc(CN2CCN(C(c3ccccc3)c3ccc(Cl)cc3)CC2)c1.O=C(O)COCCN1CCN(C(c2ccccc2)c2ccc(Cl)cc2)CC1. The number of rotatable bonds is 22. The Kier molecular flexibility index (Phi) is 29.9. The van der Waals surface area contributed by atoms with Crippen LogP contribution in [0.2, 0.25) is 10.0 Å². The molecule has 0 spiro atoms. The van der Waals surface area contributed by atoms with E-state index in [2.05, 4.69) is 320 Å². The normalized spacial score (nSPS) is 16.8. The van der Waals surface area contributed by atoms with Gasteiger partial charge in [-0.3, -0.25) is 34.3 Å². The molecule has 0 bridgehead atoms. The summed E-state index contributed by atoms with van der Waals surface area (Å²) in [5.74, 6) is -0.923. The number of piperazine rings is 4. The number of carboxylic acid groups (broad SMARTS) is 1. The molecule has 0 aromatic heterocycles. The largest absolute Gasteiger partial charge is 0.480 e. The number of aliphatic carboxylic acids is 1.